The standard InChI is InChI=1S/C19H22FNO3/c1-3-17(24-16-11-9-15(20)10-12-16)19(22)21-13-14-7-5-6-8-18(14)23-4-2/h5-12,17H,3-4,13H2,1-2H3,(H,21,22). The molecule has 0 radical (unpaired) electrons. The molecule has 0 spiro atoms. The van der Waals surface area contributed by atoms with Crippen LogP contribution in [0.1, 0.15) is 25.8 Å². The Bertz CT molecular complexity index is 658. The van der Waals surface area contributed by atoms with Gasteiger partial charge < -0.3 is 14.8 Å². The fourth-order valence-electron chi connectivity index (χ4n) is 2.24. The number of para-hydroxylation sites is 1. The normalized spacial score (nSPS) is 11.6. The van der Waals surface area contributed by atoms with E-state index in [-0.39, 0.29) is 11.7 Å². The number of amides is 1. The summed E-state index contributed by atoms with van der Waals surface area (Å²) in [4.78, 5) is 12.3. The van der Waals surface area contributed by atoms with Crippen molar-refractivity contribution < 1.29 is 18.7 Å². The number of nitrogens with one attached hydrogen (secondary N) is 1. The van der Waals surface area contributed by atoms with E-state index < -0.39 is 6.10 Å². The number of hydrogen-bond donors (Lipinski definition) is 1. The smallest absolute Gasteiger partial charge is 0.261 e. The van der Waals surface area contributed by atoms with Gasteiger partial charge in [0.2, 0.25) is 0 Å². The first-order valence-corrected chi connectivity index (χ1v) is 8.04. The molecular formula is C19H22FNO3. The van der Waals surface area contributed by atoms with Crippen molar-refractivity contribution in [1.82, 2.24) is 5.32 Å². The third-order valence-electron chi connectivity index (χ3n) is 3.48. The highest BCUT2D eigenvalue weighted by molar-refractivity contribution is 5.81. The zero-order valence-corrected chi connectivity index (χ0v) is 13.9. The summed E-state index contributed by atoms with van der Waals surface area (Å²) in [5.74, 6) is 0.668. The third-order valence-corrected chi connectivity index (χ3v) is 3.48. The van der Waals surface area contributed by atoms with Gasteiger partial charge in [-0.2, -0.15) is 0 Å². The highest BCUT2D eigenvalue weighted by Gasteiger charge is 2.18. The van der Waals surface area contributed by atoms with Gasteiger partial charge in [0.15, 0.2) is 6.10 Å². The highest BCUT2D eigenvalue weighted by atomic mass is 19.1. The van der Waals surface area contributed by atoms with Gasteiger partial charge in [0, 0.05) is 12.1 Å². The van der Waals surface area contributed by atoms with E-state index in [9.17, 15) is 9.18 Å². The van der Waals surface area contributed by atoms with E-state index >= 15 is 0 Å². The van der Waals surface area contributed by atoms with Crippen molar-refractivity contribution in [2.24, 2.45) is 0 Å². The lowest BCUT2D eigenvalue weighted by Crippen LogP contribution is -2.37. The Labute approximate surface area is 141 Å². The molecule has 1 N–H and O–H groups in total. The first-order chi connectivity index (χ1) is 11.6. The van der Waals surface area contributed by atoms with Gasteiger partial charge in [0.1, 0.15) is 17.3 Å². The summed E-state index contributed by atoms with van der Waals surface area (Å²) in [5, 5.41) is 2.86. The van der Waals surface area contributed by atoms with Gasteiger partial charge >= 0.3 is 0 Å². The maximum absolute atomic E-state index is 12.9. The monoisotopic (exact) mass is 331 g/mol. The van der Waals surface area contributed by atoms with Crippen molar-refractivity contribution >= 4 is 5.91 Å². The van der Waals surface area contributed by atoms with Crippen LogP contribution >= 0.6 is 0 Å². The van der Waals surface area contributed by atoms with Crippen LogP contribution in [0.15, 0.2) is 48.5 Å². The lowest BCUT2D eigenvalue weighted by atomic mass is 10.2. The molecule has 2 aromatic rings. The van der Waals surface area contributed by atoms with Gasteiger partial charge in [-0.05, 0) is 43.7 Å². The van der Waals surface area contributed by atoms with Crippen LogP contribution in [0.3, 0.4) is 0 Å². The predicted molar refractivity (Wildman–Crippen MR) is 90.6 cm³/mol. The molecule has 2 rings (SSSR count). The van der Waals surface area contributed by atoms with Gasteiger partial charge in [0.25, 0.3) is 5.91 Å². The summed E-state index contributed by atoms with van der Waals surface area (Å²) in [6.45, 7) is 4.70. The first-order valence-electron chi connectivity index (χ1n) is 8.04. The van der Waals surface area contributed by atoms with E-state index in [4.69, 9.17) is 9.47 Å². The molecule has 1 atom stereocenters. The highest BCUT2D eigenvalue weighted by Crippen LogP contribution is 2.18. The molecule has 1 unspecified atom stereocenters. The SMILES string of the molecule is CCOc1ccccc1CNC(=O)C(CC)Oc1ccc(F)cc1. The number of rotatable bonds is 8. The topological polar surface area (TPSA) is 47.6 Å². The van der Waals surface area contributed by atoms with Crippen molar-refractivity contribution in [1.29, 1.82) is 0 Å². The molecule has 24 heavy (non-hydrogen) atoms. The summed E-state index contributed by atoms with van der Waals surface area (Å²) in [6.07, 6.45) is -0.120. The maximum atomic E-state index is 12.9. The lowest BCUT2D eigenvalue weighted by molar-refractivity contribution is -0.128. The molecule has 4 nitrogen and oxygen atoms in total. The van der Waals surface area contributed by atoms with Crippen LogP contribution in [-0.2, 0) is 11.3 Å². The Morgan fingerprint density at radius 3 is 2.50 bits per heavy atom. The predicted octanol–water partition coefficient (Wildman–Crippen LogP) is 3.70. The van der Waals surface area contributed by atoms with E-state index in [1.54, 1.807) is 0 Å². The number of hydrogen-bond acceptors (Lipinski definition) is 3. The molecule has 128 valence electrons. The Kier molecular flexibility index (Phi) is 6.61. The average Bonchev–Trinajstić information content (AvgIpc) is 2.60. The number of carbonyl (C=O) groups is 1. The minimum Gasteiger partial charge on any atom is -0.494 e. The minimum absolute atomic E-state index is 0.215. The molecule has 0 saturated heterocycles. The molecule has 2 aromatic carbocycles. The Morgan fingerprint density at radius 2 is 1.83 bits per heavy atom. The second-order valence-electron chi connectivity index (χ2n) is 5.23. The number of halogens is 1. The zero-order valence-electron chi connectivity index (χ0n) is 13.9. The summed E-state index contributed by atoms with van der Waals surface area (Å²) in [6, 6.07) is 13.2. The molecule has 0 heterocycles. The summed E-state index contributed by atoms with van der Waals surface area (Å²) in [7, 11) is 0. The van der Waals surface area contributed by atoms with Crippen molar-refractivity contribution in [3.63, 3.8) is 0 Å². The maximum Gasteiger partial charge on any atom is 0.261 e. The summed E-state index contributed by atoms with van der Waals surface area (Å²) in [5.41, 5.74) is 0.907. The zero-order chi connectivity index (χ0) is 17.4. The van der Waals surface area contributed by atoms with Crippen molar-refractivity contribution in [2.75, 3.05) is 6.61 Å². The molecule has 5 heteroatoms. The fraction of sp³-hybridized carbons (Fsp3) is 0.316. The molecule has 0 aliphatic carbocycles. The first kappa shape index (κ1) is 17.8. The van der Waals surface area contributed by atoms with Crippen molar-refractivity contribution in [3.05, 3.63) is 59.9 Å². The van der Waals surface area contributed by atoms with E-state index in [2.05, 4.69) is 5.32 Å². The Balaban J connectivity index is 1.96. The van der Waals surface area contributed by atoms with Crippen LogP contribution in [0.5, 0.6) is 11.5 Å². The molecular weight excluding hydrogens is 309 g/mol. The van der Waals surface area contributed by atoms with Crippen LogP contribution < -0.4 is 14.8 Å². The van der Waals surface area contributed by atoms with Crippen molar-refractivity contribution in [2.45, 2.75) is 32.9 Å². The van der Waals surface area contributed by atoms with Crippen LogP contribution in [0.2, 0.25) is 0 Å². The lowest BCUT2D eigenvalue weighted by Gasteiger charge is -2.18. The Hall–Kier alpha value is -2.56. The molecule has 0 aliphatic heterocycles. The second-order valence-corrected chi connectivity index (χ2v) is 5.23. The second kappa shape index (κ2) is 8.91. The molecule has 1 amide bonds. The largest absolute Gasteiger partial charge is 0.494 e. The van der Waals surface area contributed by atoms with Crippen molar-refractivity contribution in [3.8, 4) is 11.5 Å². The molecule has 0 saturated carbocycles. The van der Waals surface area contributed by atoms with Gasteiger partial charge in [-0.15, -0.1) is 0 Å². The van der Waals surface area contributed by atoms with Crippen LogP contribution in [0.25, 0.3) is 0 Å². The summed E-state index contributed by atoms with van der Waals surface area (Å²) < 4.78 is 24.1. The molecule has 0 bridgehead atoms. The molecule has 0 fully saturated rings. The van der Waals surface area contributed by atoms with Gasteiger partial charge in [-0.25, -0.2) is 4.39 Å². The van der Waals surface area contributed by atoms with Gasteiger partial charge in [-0.1, -0.05) is 25.1 Å². The van der Waals surface area contributed by atoms with E-state index in [1.165, 1.54) is 24.3 Å². The van der Waals surface area contributed by atoms with E-state index in [0.717, 1.165) is 11.3 Å². The van der Waals surface area contributed by atoms with Crippen LogP contribution in [0.4, 0.5) is 4.39 Å². The van der Waals surface area contributed by atoms with Crippen LogP contribution in [-0.4, -0.2) is 18.6 Å². The number of benzene rings is 2. The molecule has 0 aromatic heterocycles. The minimum atomic E-state index is -0.630. The summed E-state index contributed by atoms with van der Waals surface area (Å²) >= 11 is 0. The van der Waals surface area contributed by atoms with E-state index in [1.807, 2.05) is 38.1 Å². The van der Waals surface area contributed by atoms with E-state index in [0.29, 0.717) is 25.3 Å². The third kappa shape index (κ3) is 4.98. The number of ether oxygens (including phenoxy) is 2. The van der Waals surface area contributed by atoms with Crippen LogP contribution in [0, 0.1) is 5.82 Å². The fourth-order valence-corrected chi connectivity index (χ4v) is 2.24. The average molecular weight is 331 g/mol. The number of carbonyl (C=O) groups excluding carboxylic acids is 1. The van der Waals surface area contributed by atoms with Gasteiger partial charge in [0.05, 0.1) is 6.61 Å². The quantitative estimate of drug-likeness (QED) is 0.802. The molecule has 0 aliphatic rings. The van der Waals surface area contributed by atoms with Gasteiger partial charge in [-0.3, -0.25) is 4.79 Å². The Morgan fingerprint density at radius 1 is 1.12 bits per heavy atom.